The molecule has 0 bridgehead atoms. The van der Waals surface area contributed by atoms with Crippen LogP contribution in [0.5, 0.6) is 0 Å². The molecule has 0 rings (SSSR count). The predicted octanol–water partition coefficient (Wildman–Crippen LogP) is -8.97. The van der Waals surface area contributed by atoms with Gasteiger partial charge in [-0.05, 0) is 116 Å². The zero-order valence-corrected chi connectivity index (χ0v) is 47.2. The quantitative estimate of drug-likeness (QED) is 0.0153. The Hall–Kier alpha value is -8.54. The van der Waals surface area contributed by atoms with Gasteiger partial charge in [-0.1, -0.05) is 6.42 Å². The molecule has 0 aliphatic heterocycles. The third-order valence-corrected chi connectivity index (χ3v) is 12.3. The average molecular weight is 1180 g/mol. The predicted molar refractivity (Wildman–Crippen MR) is 311 cm³/mol. The summed E-state index contributed by atoms with van der Waals surface area (Å²) in [5.41, 5.74) is 55.6. The number of amides is 9. The van der Waals surface area contributed by atoms with Crippen molar-refractivity contribution >= 4 is 83.0 Å². The van der Waals surface area contributed by atoms with Gasteiger partial charge in [0.15, 0.2) is 29.8 Å². The molecule has 0 aromatic heterocycles. The van der Waals surface area contributed by atoms with Crippen LogP contribution in [0.25, 0.3) is 0 Å². The molecular formula is C47H95N27O9. The van der Waals surface area contributed by atoms with Gasteiger partial charge in [0.25, 0.3) is 0 Å². The fourth-order valence-electron chi connectivity index (χ4n) is 7.88. The number of nitrogens with one attached hydrogen (secondary N) is 17. The Balaban J connectivity index is 7.24. The first-order valence-corrected chi connectivity index (χ1v) is 27.5. The van der Waals surface area contributed by atoms with Crippen LogP contribution in [0.3, 0.4) is 0 Å². The lowest BCUT2D eigenvalue weighted by atomic mass is 10.0. The summed E-state index contributed by atoms with van der Waals surface area (Å²) < 4.78 is 0. The normalized spacial score (nSPS) is 13.6. The van der Waals surface area contributed by atoms with Gasteiger partial charge < -0.3 is 121 Å². The third kappa shape index (κ3) is 36.4. The molecule has 37 N–H and O–H groups in total. The molecule has 0 unspecified atom stereocenters. The summed E-state index contributed by atoms with van der Waals surface area (Å²) in [6.07, 6.45) is 1.63. The van der Waals surface area contributed by atoms with Gasteiger partial charge >= 0.3 is 0 Å². The van der Waals surface area contributed by atoms with Gasteiger partial charge in [0.2, 0.25) is 53.2 Å². The summed E-state index contributed by atoms with van der Waals surface area (Å²) in [7, 11) is 0. The second-order valence-electron chi connectivity index (χ2n) is 19.4. The standard InChI is InChI=1S/C47H95N27O9/c48-19-3-1-10-26(50)36(77)69-28(11-2-4-20-49)38(79)74-33(17-18-34(51)75)42(83)73-32(16-9-25-67-47(61)62)41(82)72-31(15-8-24-66-46(59)60)40(81)71-30(14-7-23-65-45(57)58)39(80)70-29(13-6-22-64-44(55)56)37(78)68-27(35(52)76)12-5-21-63-43(53)54/h26-33H,1-25,48-50H2,(H2,51,75)(H2,52,76)(H,68,78)(H,69,77)(H,70,80)(H,71,81)(H,72,82)(H,73,83)(H,74,79)(H4,53,54,63)(H4,55,56,64)(H4,57,58,65)(H4,59,60,66)(H4,61,62,67)/t26-,27-,28-,29-,30-,31-,32-,33-/m0/s1. The van der Waals surface area contributed by atoms with Gasteiger partial charge in [-0.15, -0.1) is 0 Å². The minimum Gasteiger partial charge on any atom is -0.370 e. The van der Waals surface area contributed by atoms with E-state index in [9.17, 15) is 43.2 Å². The van der Waals surface area contributed by atoms with Crippen molar-refractivity contribution < 1.29 is 43.2 Å². The third-order valence-electron chi connectivity index (χ3n) is 12.3. The highest BCUT2D eigenvalue weighted by atomic mass is 16.2. The molecule has 83 heavy (non-hydrogen) atoms. The van der Waals surface area contributed by atoms with Crippen molar-refractivity contribution in [2.45, 2.75) is 164 Å². The minimum atomic E-state index is -1.53. The van der Waals surface area contributed by atoms with E-state index in [4.69, 9.17) is 84.4 Å². The molecule has 0 aromatic rings. The van der Waals surface area contributed by atoms with Gasteiger partial charge in [-0.3, -0.25) is 70.2 Å². The fourth-order valence-corrected chi connectivity index (χ4v) is 7.88. The number of hydrogen-bond donors (Lipinski definition) is 27. The number of carbonyl (C=O) groups is 9. The summed E-state index contributed by atoms with van der Waals surface area (Å²) in [6, 6.07) is -10.8. The maximum atomic E-state index is 14.5. The second kappa shape index (κ2) is 43.2. The zero-order chi connectivity index (χ0) is 62.9. The molecule has 0 saturated heterocycles. The molecule has 0 radical (unpaired) electrons. The SMILES string of the molecule is N=C(N)NCCC[C@H](NC(=O)[C@H](CCCNC(=N)N)NC(=O)[C@H](CCCNC(=N)N)NC(=O)[C@H](CCCNC(=N)N)NC(=O)[C@H](CCCNC(=N)N)NC(=O)[C@H](CCC(N)=O)NC(=O)[C@H](CCCCN)NC(=O)[C@@H](N)CCCCN)C(N)=O. The van der Waals surface area contributed by atoms with Crippen LogP contribution in [0.4, 0.5) is 0 Å². The van der Waals surface area contributed by atoms with Gasteiger partial charge in [0.05, 0.1) is 6.04 Å². The van der Waals surface area contributed by atoms with E-state index < -0.39 is 126 Å². The summed E-state index contributed by atoms with van der Waals surface area (Å²) in [6.45, 7) is 1.01. The lowest BCUT2D eigenvalue weighted by Gasteiger charge is -2.28. The van der Waals surface area contributed by atoms with Crippen LogP contribution < -0.4 is 121 Å². The number of primary amides is 2. The Labute approximate surface area is 482 Å². The highest BCUT2D eigenvalue weighted by Gasteiger charge is 2.34. The molecular weight excluding hydrogens is 1090 g/mol. The van der Waals surface area contributed by atoms with Crippen molar-refractivity contribution in [1.29, 1.82) is 27.0 Å². The van der Waals surface area contributed by atoms with E-state index in [1.807, 2.05) is 0 Å². The van der Waals surface area contributed by atoms with E-state index >= 15 is 0 Å². The first-order valence-electron chi connectivity index (χ1n) is 27.5. The topological polar surface area (TPSA) is 677 Å². The summed E-state index contributed by atoms with van der Waals surface area (Å²) in [4.78, 5) is 123. The second-order valence-corrected chi connectivity index (χ2v) is 19.4. The van der Waals surface area contributed by atoms with E-state index in [0.29, 0.717) is 32.2 Å². The summed E-state index contributed by atoms with van der Waals surface area (Å²) in [5, 5.41) is 68.7. The molecule has 36 nitrogen and oxygen atoms in total. The van der Waals surface area contributed by atoms with Crippen molar-refractivity contribution in [3.8, 4) is 0 Å². The van der Waals surface area contributed by atoms with Crippen molar-refractivity contribution in [2.75, 3.05) is 45.8 Å². The lowest BCUT2D eigenvalue weighted by Crippen LogP contribution is -2.60. The van der Waals surface area contributed by atoms with Crippen molar-refractivity contribution in [3.63, 3.8) is 0 Å². The van der Waals surface area contributed by atoms with E-state index in [0.717, 1.165) is 0 Å². The number of rotatable bonds is 46. The smallest absolute Gasteiger partial charge is 0.243 e. The fraction of sp³-hybridized carbons (Fsp3) is 0.702. The molecule has 0 spiro atoms. The molecule has 0 fully saturated rings. The zero-order valence-electron chi connectivity index (χ0n) is 47.2. The molecule has 0 aliphatic carbocycles. The monoisotopic (exact) mass is 1180 g/mol. The van der Waals surface area contributed by atoms with Crippen LogP contribution in [-0.4, -0.2) is 177 Å². The Bertz CT molecular complexity index is 2140. The van der Waals surface area contributed by atoms with Crippen LogP contribution in [-0.2, 0) is 43.2 Å². The number of nitrogens with two attached hydrogens (primary N) is 10. The molecule has 0 saturated carbocycles. The maximum absolute atomic E-state index is 14.5. The van der Waals surface area contributed by atoms with Crippen LogP contribution in [0.2, 0.25) is 0 Å². The maximum Gasteiger partial charge on any atom is 0.243 e. The number of guanidine groups is 5. The molecule has 472 valence electrons. The average Bonchev–Trinajstić information content (AvgIpc) is 3.46. The molecule has 36 heteroatoms. The van der Waals surface area contributed by atoms with E-state index in [1.165, 1.54) is 0 Å². The Morgan fingerprint density at radius 3 is 0.783 bits per heavy atom. The van der Waals surface area contributed by atoms with Gasteiger partial charge in [0, 0.05) is 39.1 Å². The van der Waals surface area contributed by atoms with E-state index in [2.05, 4.69) is 63.8 Å². The largest absolute Gasteiger partial charge is 0.370 e. The lowest BCUT2D eigenvalue weighted by molar-refractivity contribution is -0.136. The Morgan fingerprint density at radius 2 is 0.530 bits per heavy atom. The highest BCUT2D eigenvalue weighted by molar-refractivity contribution is 5.98. The van der Waals surface area contributed by atoms with Crippen molar-refractivity contribution in [2.24, 2.45) is 57.3 Å². The summed E-state index contributed by atoms with van der Waals surface area (Å²) in [5.74, 6) is -9.72. The van der Waals surface area contributed by atoms with E-state index in [1.54, 1.807) is 0 Å². The van der Waals surface area contributed by atoms with Gasteiger partial charge in [-0.2, -0.15) is 0 Å². The number of hydrogen-bond acceptors (Lipinski definition) is 17. The van der Waals surface area contributed by atoms with Crippen molar-refractivity contribution in [3.05, 3.63) is 0 Å². The molecule has 0 aromatic carbocycles. The highest BCUT2D eigenvalue weighted by Crippen LogP contribution is 2.11. The first-order chi connectivity index (χ1) is 39.2. The van der Waals surface area contributed by atoms with Crippen LogP contribution >= 0.6 is 0 Å². The van der Waals surface area contributed by atoms with Crippen LogP contribution in [0, 0.1) is 27.0 Å². The van der Waals surface area contributed by atoms with Crippen molar-refractivity contribution in [1.82, 2.24) is 63.8 Å². The molecule has 8 atom stereocenters. The minimum absolute atomic E-state index is 0.0150. The van der Waals surface area contributed by atoms with Crippen LogP contribution in [0.15, 0.2) is 0 Å². The number of carbonyl (C=O) groups excluding carboxylic acids is 9. The molecule has 9 amide bonds. The molecule has 0 heterocycles. The first kappa shape index (κ1) is 74.5. The van der Waals surface area contributed by atoms with E-state index in [-0.39, 0.29) is 135 Å². The van der Waals surface area contributed by atoms with Gasteiger partial charge in [0.1, 0.15) is 42.3 Å². The van der Waals surface area contributed by atoms with Gasteiger partial charge in [-0.25, -0.2) is 0 Å². The van der Waals surface area contributed by atoms with Crippen LogP contribution in [0.1, 0.15) is 116 Å². The summed E-state index contributed by atoms with van der Waals surface area (Å²) >= 11 is 0. The number of unbranched alkanes of at least 4 members (excludes halogenated alkanes) is 2. The Kier molecular flexibility index (Phi) is 38.8. The molecule has 0 aliphatic rings. The Morgan fingerprint density at radius 1 is 0.301 bits per heavy atom.